The monoisotopic (exact) mass is 424 g/mol. The van der Waals surface area contributed by atoms with Crippen LogP contribution in [0.5, 0.6) is 0 Å². The summed E-state index contributed by atoms with van der Waals surface area (Å²) in [6, 6.07) is 12.5. The summed E-state index contributed by atoms with van der Waals surface area (Å²) in [5.41, 5.74) is 0.842. The van der Waals surface area contributed by atoms with Crippen LogP contribution in [-0.4, -0.2) is 27.6 Å². The van der Waals surface area contributed by atoms with Gasteiger partial charge < -0.3 is 10.2 Å². The molecule has 158 valence electrons. The zero-order valence-electron chi connectivity index (χ0n) is 16.5. The molecule has 3 aromatic rings. The molecule has 0 aliphatic carbocycles. The highest BCUT2D eigenvalue weighted by Crippen LogP contribution is 2.32. The molecular weight excluding hydrogens is 406 g/mol. The van der Waals surface area contributed by atoms with Gasteiger partial charge in [0.2, 0.25) is 5.91 Å². The Hall–Kier alpha value is -3.88. The number of para-hydroxylation sites is 1. The first kappa shape index (κ1) is 20.4. The van der Waals surface area contributed by atoms with Crippen molar-refractivity contribution in [3.63, 3.8) is 0 Å². The fourth-order valence-electron chi connectivity index (χ4n) is 3.59. The van der Waals surface area contributed by atoms with Gasteiger partial charge in [0.1, 0.15) is 23.9 Å². The standard InChI is InChI=1S/C22H18F2N4O3/c1-13-10-14-4-2-3-5-19(14)28(13)22(31)17-8-9-21(30)27(26-17)12-20(29)25-18-11-15(23)6-7-16(18)24/h2-9,11,13H,10,12H2,1H3,(H,25,29). The van der Waals surface area contributed by atoms with Crippen LogP contribution in [0.4, 0.5) is 20.2 Å². The van der Waals surface area contributed by atoms with E-state index in [2.05, 4.69) is 10.4 Å². The number of fused-ring (bicyclic) bond motifs is 1. The molecule has 2 aromatic carbocycles. The molecule has 9 heteroatoms. The molecule has 0 fully saturated rings. The van der Waals surface area contributed by atoms with Crippen LogP contribution in [0.3, 0.4) is 0 Å². The molecule has 0 saturated heterocycles. The second-order valence-corrected chi connectivity index (χ2v) is 7.24. The quantitative estimate of drug-likeness (QED) is 0.698. The van der Waals surface area contributed by atoms with E-state index in [0.29, 0.717) is 6.42 Å². The topological polar surface area (TPSA) is 84.3 Å². The van der Waals surface area contributed by atoms with Crippen LogP contribution in [0.2, 0.25) is 0 Å². The molecule has 4 rings (SSSR count). The van der Waals surface area contributed by atoms with Crippen LogP contribution in [0.15, 0.2) is 59.4 Å². The Labute approximate surface area is 175 Å². The number of aromatic nitrogens is 2. The number of halogens is 2. The van der Waals surface area contributed by atoms with Crippen molar-refractivity contribution < 1.29 is 18.4 Å². The molecule has 2 amide bonds. The van der Waals surface area contributed by atoms with Crippen LogP contribution in [0.1, 0.15) is 23.0 Å². The van der Waals surface area contributed by atoms with Crippen LogP contribution >= 0.6 is 0 Å². The van der Waals surface area contributed by atoms with Crippen LogP contribution in [-0.2, 0) is 17.8 Å². The van der Waals surface area contributed by atoms with Crippen LogP contribution in [0, 0.1) is 11.6 Å². The maximum absolute atomic E-state index is 13.7. The SMILES string of the molecule is CC1Cc2ccccc2N1C(=O)c1ccc(=O)n(CC(=O)Nc2cc(F)ccc2F)n1. The number of hydrogen-bond donors (Lipinski definition) is 1. The number of nitrogens with one attached hydrogen (secondary N) is 1. The lowest BCUT2D eigenvalue weighted by Crippen LogP contribution is -2.38. The largest absolute Gasteiger partial charge is 0.322 e. The van der Waals surface area contributed by atoms with Gasteiger partial charge in [0.25, 0.3) is 11.5 Å². The molecule has 0 spiro atoms. The molecule has 0 radical (unpaired) electrons. The van der Waals surface area contributed by atoms with E-state index in [-0.39, 0.29) is 17.4 Å². The van der Waals surface area contributed by atoms with E-state index in [0.717, 1.165) is 40.2 Å². The molecule has 1 N–H and O–H groups in total. The van der Waals surface area contributed by atoms with E-state index >= 15 is 0 Å². The van der Waals surface area contributed by atoms with Crippen molar-refractivity contribution in [1.29, 1.82) is 0 Å². The summed E-state index contributed by atoms with van der Waals surface area (Å²) in [5.74, 6) is -2.73. The zero-order valence-corrected chi connectivity index (χ0v) is 16.5. The predicted molar refractivity (Wildman–Crippen MR) is 110 cm³/mol. The molecule has 0 saturated carbocycles. The Kier molecular flexibility index (Phi) is 5.33. The minimum atomic E-state index is -0.819. The molecule has 2 heterocycles. The average molecular weight is 424 g/mol. The predicted octanol–water partition coefficient (Wildman–Crippen LogP) is 2.75. The number of benzene rings is 2. The smallest absolute Gasteiger partial charge is 0.278 e. The van der Waals surface area contributed by atoms with Crippen LogP contribution in [0.25, 0.3) is 0 Å². The third kappa shape index (κ3) is 4.07. The molecule has 31 heavy (non-hydrogen) atoms. The molecule has 1 aliphatic heterocycles. The molecule has 1 aromatic heterocycles. The van der Waals surface area contributed by atoms with E-state index in [1.165, 1.54) is 6.07 Å². The minimum absolute atomic E-state index is 0.00658. The number of amides is 2. The number of nitrogens with zero attached hydrogens (tertiary/aromatic N) is 3. The lowest BCUT2D eigenvalue weighted by molar-refractivity contribution is -0.117. The normalized spacial score (nSPS) is 14.9. The maximum Gasteiger partial charge on any atom is 0.278 e. The van der Waals surface area contributed by atoms with Crippen molar-refractivity contribution in [2.24, 2.45) is 0 Å². The lowest BCUT2D eigenvalue weighted by Gasteiger charge is -2.22. The fourth-order valence-corrected chi connectivity index (χ4v) is 3.59. The second-order valence-electron chi connectivity index (χ2n) is 7.24. The lowest BCUT2D eigenvalue weighted by atomic mass is 10.1. The van der Waals surface area contributed by atoms with Gasteiger partial charge in [-0.25, -0.2) is 13.5 Å². The maximum atomic E-state index is 13.7. The summed E-state index contributed by atoms with van der Waals surface area (Å²) < 4.78 is 27.8. The minimum Gasteiger partial charge on any atom is -0.322 e. The summed E-state index contributed by atoms with van der Waals surface area (Å²) in [4.78, 5) is 39.1. The van der Waals surface area contributed by atoms with Gasteiger partial charge in [0.15, 0.2) is 0 Å². The molecule has 7 nitrogen and oxygen atoms in total. The first-order valence-corrected chi connectivity index (χ1v) is 9.58. The molecular formula is C22H18F2N4O3. The van der Waals surface area contributed by atoms with Gasteiger partial charge >= 0.3 is 0 Å². The van der Waals surface area contributed by atoms with Gasteiger partial charge in [-0.2, -0.15) is 5.10 Å². The van der Waals surface area contributed by atoms with Crippen molar-refractivity contribution in [1.82, 2.24) is 9.78 Å². The highest BCUT2D eigenvalue weighted by Gasteiger charge is 2.32. The zero-order chi connectivity index (χ0) is 22.1. The van der Waals surface area contributed by atoms with Gasteiger partial charge in [-0.3, -0.25) is 14.4 Å². The van der Waals surface area contributed by atoms with E-state index in [4.69, 9.17) is 0 Å². The van der Waals surface area contributed by atoms with Crippen molar-refractivity contribution in [2.45, 2.75) is 25.9 Å². The Morgan fingerprint density at radius 3 is 2.71 bits per heavy atom. The number of anilines is 2. The second kappa shape index (κ2) is 8.10. The van der Waals surface area contributed by atoms with E-state index < -0.39 is 35.6 Å². The van der Waals surface area contributed by atoms with E-state index in [9.17, 15) is 23.2 Å². The van der Waals surface area contributed by atoms with Crippen molar-refractivity contribution in [3.8, 4) is 0 Å². The van der Waals surface area contributed by atoms with E-state index in [1.54, 1.807) is 4.90 Å². The van der Waals surface area contributed by atoms with Gasteiger partial charge in [0.05, 0.1) is 5.69 Å². The number of hydrogen-bond acceptors (Lipinski definition) is 4. The van der Waals surface area contributed by atoms with Crippen molar-refractivity contribution in [2.75, 3.05) is 10.2 Å². The highest BCUT2D eigenvalue weighted by atomic mass is 19.1. The third-order valence-corrected chi connectivity index (χ3v) is 5.01. The Morgan fingerprint density at radius 1 is 1.13 bits per heavy atom. The Morgan fingerprint density at radius 2 is 1.90 bits per heavy atom. The Bertz CT molecular complexity index is 1240. The molecule has 1 atom stereocenters. The van der Waals surface area contributed by atoms with Gasteiger partial charge in [-0.1, -0.05) is 18.2 Å². The summed E-state index contributed by atoms with van der Waals surface area (Å²) in [5, 5.41) is 6.23. The van der Waals surface area contributed by atoms with Crippen molar-refractivity contribution in [3.05, 3.63) is 87.8 Å². The van der Waals surface area contributed by atoms with E-state index in [1.807, 2.05) is 31.2 Å². The summed E-state index contributed by atoms with van der Waals surface area (Å²) in [7, 11) is 0. The fraction of sp³-hybridized carbons (Fsp3) is 0.182. The average Bonchev–Trinajstić information content (AvgIpc) is 3.07. The summed E-state index contributed by atoms with van der Waals surface area (Å²) in [6.07, 6.45) is 0.698. The molecule has 0 bridgehead atoms. The van der Waals surface area contributed by atoms with Crippen molar-refractivity contribution >= 4 is 23.2 Å². The van der Waals surface area contributed by atoms with Crippen LogP contribution < -0.4 is 15.8 Å². The summed E-state index contributed by atoms with van der Waals surface area (Å²) in [6.45, 7) is 1.34. The first-order chi connectivity index (χ1) is 14.8. The Balaban J connectivity index is 1.56. The molecule has 1 unspecified atom stereocenters. The van der Waals surface area contributed by atoms with Gasteiger partial charge in [0, 0.05) is 23.9 Å². The summed E-state index contributed by atoms with van der Waals surface area (Å²) >= 11 is 0. The first-order valence-electron chi connectivity index (χ1n) is 9.58. The van der Waals surface area contributed by atoms with Gasteiger partial charge in [-0.05, 0) is 43.2 Å². The van der Waals surface area contributed by atoms with Gasteiger partial charge in [-0.15, -0.1) is 0 Å². The number of carbonyl (C=O) groups is 2. The molecule has 1 aliphatic rings. The number of rotatable bonds is 4. The highest BCUT2D eigenvalue weighted by molar-refractivity contribution is 6.06. The third-order valence-electron chi connectivity index (χ3n) is 5.01. The number of carbonyl (C=O) groups excluding carboxylic acids is 2.